The van der Waals surface area contributed by atoms with Gasteiger partial charge in [0.25, 0.3) is 5.56 Å². The maximum Gasteiger partial charge on any atom is 0.275 e. The van der Waals surface area contributed by atoms with Crippen molar-refractivity contribution in [1.29, 1.82) is 0 Å². The molecule has 19 heavy (non-hydrogen) atoms. The first-order chi connectivity index (χ1) is 8.95. The molecule has 102 valence electrons. The first-order valence-electron chi connectivity index (χ1n) is 6.85. The van der Waals surface area contributed by atoms with Crippen molar-refractivity contribution in [3.8, 4) is 11.1 Å². The molecule has 0 amide bonds. The lowest BCUT2D eigenvalue weighted by Crippen LogP contribution is -2.32. The second-order valence-electron chi connectivity index (χ2n) is 5.89. The molecule has 1 aromatic heterocycles. The Balaban J connectivity index is 2.65. The van der Waals surface area contributed by atoms with Crippen LogP contribution in [0.1, 0.15) is 39.8 Å². The Hall–Kier alpha value is -1.77. The molecule has 0 aliphatic rings. The van der Waals surface area contributed by atoms with Crippen LogP contribution in [-0.4, -0.2) is 9.78 Å². The zero-order valence-electron chi connectivity index (χ0n) is 12.2. The first-order valence-corrected chi connectivity index (χ1v) is 6.85. The number of aromatic amines is 1. The maximum atomic E-state index is 12.6. The van der Waals surface area contributed by atoms with E-state index in [0.717, 1.165) is 29.7 Å². The Morgan fingerprint density at radius 2 is 1.79 bits per heavy atom. The van der Waals surface area contributed by atoms with E-state index < -0.39 is 0 Å². The van der Waals surface area contributed by atoms with Gasteiger partial charge in [-0.3, -0.25) is 9.89 Å². The van der Waals surface area contributed by atoms with Gasteiger partial charge in [0.2, 0.25) is 0 Å². The van der Waals surface area contributed by atoms with Crippen LogP contribution in [0, 0.1) is 0 Å². The fraction of sp³-hybridized carbons (Fsp3) is 0.438. The van der Waals surface area contributed by atoms with Gasteiger partial charge in [-0.05, 0) is 32.8 Å². The highest BCUT2D eigenvalue weighted by Crippen LogP contribution is 2.22. The van der Waals surface area contributed by atoms with E-state index in [1.54, 1.807) is 4.68 Å². The summed E-state index contributed by atoms with van der Waals surface area (Å²) in [6, 6.07) is 9.91. The van der Waals surface area contributed by atoms with Crippen LogP contribution < -0.4 is 5.56 Å². The van der Waals surface area contributed by atoms with Gasteiger partial charge in [0, 0.05) is 5.69 Å². The SMILES string of the molecule is CCCc1[nH]n(C(C)(C)C)c(=O)c1-c1ccccc1. The van der Waals surface area contributed by atoms with Gasteiger partial charge >= 0.3 is 0 Å². The molecule has 0 spiro atoms. The molecule has 1 aromatic carbocycles. The molecule has 0 saturated carbocycles. The minimum atomic E-state index is -0.230. The number of hydrogen-bond acceptors (Lipinski definition) is 1. The van der Waals surface area contributed by atoms with Crippen molar-refractivity contribution >= 4 is 0 Å². The molecule has 1 N–H and O–H groups in total. The number of aromatic nitrogens is 2. The smallest absolute Gasteiger partial charge is 0.275 e. The Morgan fingerprint density at radius 3 is 2.32 bits per heavy atom. The van der Waals surface area contributed by atoms with Crippen molar-refractivity contribution < 1.29 is 0 Å². The number of aryl methyl sites for hydroxylation is 1. The van der Waals surface area contributed by atoms with Crippen molar-refractivity contribution in [3.05, 3.63) is 46.4 Å². The normalized spacial score (nSPS) is 11.8. The number of hydrogen-bond donors (Lipinski definition) is 1. The fourth-order valence-electron chi connectivity index (χ4n) is 2.29. The topological polar surface area (TPSA) is 37.8 Å². The van der Waals surface area contributed by atoms with E-state index in [9.17, 15) is 4.79 Å². The summed E-state index contributed by atoms with van der Waals surface area (Å²) in [5.41, 5.74) is 2.69. The average molecular weight is 258 g/mol. The Morgan fingerprint density at radius 1 is 1.16 bits per heavy atom. The van der Waals surface area contributed by atoms with Crippen LogP contribution in [0.4, 0.5) is 0 Å². The minimum absolute atomic E-state index is 0.0714. The summed E-state index contributed by atoms with van der Waals surface area (Å²) < 4.78 is 1.74. The van der Waals surface area contributed by atoms with E-state index in [1.807, 2.05) is 51.1 Å². The largest absolute Gasteiger partial charge is 0.299 e. The summed E-state index contributed by atoms with van der Waals surface area (Å²) in [7, 11) is 0. The number of nitrogens with one attached hydrogen (secondary N) is 1. The van der Waals surface area contributed by atoms with Gasteiger partial charge < -0.3 is 0 Å². The lowest BCUT2D eigenvalue weighted by molar-refractivity contribution is 0.343. The van der Waals surface area contributed by atoms with Crippen LogP contribution in [0.2, 0.25) is 0 Å². The third-order valence-corrected chi connectivity index (χ3v) is 3.20. The second-order valence-corrected chi connectivity index (χ2v) is 5.89. The van der Waals surface area contributed by atoms with E-state index in [0.29, 0.717) is 0 Å². The quantitative estimate of drug-likeness (QED) is 0.898. The van der Waals surface area contributed by atoms with Gasteiger partial charge in [0.15, 0.2) is 0 Å². The molecule has 0 atom stereocenters. The molecule has 0 radical (unpaired) electrons. The van der Waals surface area contributed by atoms with Crippen LogP contribution >= 0.6 is 0 Å². The summed E-state index contributed by atoms with van der Waals surface area (Å²) >= 11 is 0. The third-order valence-electron chi connectivity index (χ3n) is 3.20. The zero-order chi connectivity index (χ0) is 14.0. The second kappa shape index (κ2) is 5.08. The molecule has 0 bridgehead atoms. The molecule has 1 heterocycles. The van der Waals surface area contributed by atoms with E-state index in [2.05, 4.69) is 12.0 Å². The summed E-state index contributed by atoms with van der Waals surface area (Å²) in [6.07, 6.45) is 1.91. The van der Waals surface area contributed by atoms with Crippen molar-refractivity contribution in [2.75, 3.05) is 0 Å². The molecule has 0 aliphatic carbocycles. The predicted octanol–water partition coefficient (Wildman–Crippen LogP) is 3.55. The maximum absolute atomic E-state index is 12.6. The van der Waals surface area contributed by atoms with Gasteiger partial charge in [-0.1, -0.05) is 43.7 Å². The van der Waals surface area contributed by atoms with Gasteiger partial charge in [0.05, 0.1) is 11.1 Å². The molecule has 0 unspecified atom stereocenters. The number of H-pyrrole nitrogens is 1. The van der Waals surface area contributed by atoms with Gasteiger partial charge in [0.1, 0.15) is 0 Å². The molecular formula is C16H22N2O. The molecule has 0 aliphatic heterocycles. The van der Waals surface area contributed by atoms with Gasteiger partial charge in [-0.15, -0.1) is 0 Å². The summed E-state index contributed by atoms with van der Waals surface area (Å²) in [4.78, 5) is 12.6. The molecule has 3 nitrogen and oxygen atoms in total. The van der Waals surface area contributed by atoms with Crippen molar-refractivity contribution in [1.82, 2.24) is 9.78 Å². The van der Waals surface area contributed by atoms with Crippen molar-refractivity contribution in [3.63, 3.8) is 0 Å². The predicted molar refractivity (Wildman–Crippen MR) is 79.5 cm³/mol. The minimum Gasteiger partial charge on any atom is -0.299 e. The van der Waals surface area contributed by atoms with Gasteiger partial charge in [-0.2, -0.15) is 0 Å². The first kappa shape index (κ1) is 13.7. The highest BCUT2D eigenvalue weighted by molar-refractivity contribution is 5.65. The molecule has 0 saturated heterocycles. The Kier molecular flexibility index (Phi) is 3.65. The highest BCUT2D eigenvalue weighted by Gasteiger charge is 2.22. The van der Waals surface area contributed by atoms with Crippen LogP contribution in [-0.2, 0) is 12.0 Å². The number of benzene rings is 1. The molecule has 2 rings (SSSR count). The number of rotatable bonds is 3. The molecule has 0 fully saturated rings. The van der Waals surface area contributed by atoms with Crippen molar-refractivity contribution in [2.45, 2.75) is 46.1 Å². The monoisotopic (exact) mass is 258 g/mol. The van der Waals surface area contributed by atoms with E-state index in [1.165, 1.54) is 0 Å². The third kappa shape index (κ3) is 2.65. The Bertz CT molecular complexity index is 600. The summed E-state index contributed by atoms with van der Waals surface area (Å²) in [6.45, 7) is 8.24. The molecular weight excluding hydrogens is 236 g/mol. The van der Waals surface area contributed by atoms with Crippen LogP contribution in [0.15, 0.2) is 35.1 Å². The van der Waals surface area contributed by atoms with Gasteiger partial charge in [-0.25, -0.2) is 4.68 Å². The fourth-order valence-corrected chi connectivity index (χ4v) is 2.29. The Labute approximate surface area is 114 Å². The van der Waals surface area contributed by atoms with Crippen LogP contribution in [0.3, 0.4) is 0 Å². The molecule has 3 heteroatoms. The summed E-state index contributed by atoms with van der Waals surface area (Å²) in [5, 5.41) is 3.29. The van der Waals surface area contributed by atoms with E-state index >= 15 is 0 Å². The summed E-state index contributed by atoms with van der Waals surface area (Å²) in [5.74, 6) is 0. The van der Waals surface area contributed by atoms with E-state index in [4.69, 9.17) is 0 Å². The van der Waals surface area contributed by atoms with Crippen LogP contribution in [0.25, 0.3) is 11.1 Å². The number of nitrogens with zero attached hydrogens (tertiary/aromatic N) is 1. The standard InChI is InChI=1S/C16H22N2O/c1-5-9-13-14(12-10-7-6-8-11-12)15(19)18(17-13)16(2,3)4/h6-8,10-11,17H,5,9H2,1-4H3. The van der Waals surface area contributed by atoms with Crippen LogP contribution in [0.5, 0.6) is 0 Å². The average Bonchev–Trinajstić information content (AvgIpc) is 2.68. The van der Waals surface area contributed by atoms with Crippen molar-refractivity contribution in [2.24, 2.45) is 0 Å². The lowest BCUT2D eigenvalue weighted by atomic mass is 10.0. The highest BCUT2D eigenvalue weighted by atomic mass is 16.1. The zero-order valence-corrected chi connectivity index (χ0v) is 12.2. The van der Waals surface area contributed by atoms with E-state index in [-0.39, 0.29) is 11.1 Å². The lowest BCUT2D eigenvalue weighted by Gasteiger charge is -2.19. The molecule has 2 aromatic rings.